The minimum atomic E-state index is 1.31. The van der Waals surface area contributed by atoms with Gasteiger partial charge in [-0.25, -0.2) is 0 Å². The van der Waals surface area contributed by atoms with Crippen LogP contribution in [0.4, 0.5) is 0 Å². The van der Waals surface area contributed by atoms with Gasteiger partial charge in [0.05, 0.1) is 0 Å². The molecule has 20 heavy (non-hydrogen) atoms. The standard InChI is InChI=1S/C20H20/c1-13-5-7-18-12-19(9-8-17(18)11-13)20-10-6-14(2)15(3)16(20)4/h5-12H,1-4H3. The van der Waals surface area contributed by atoms with Gasteiger partial charge in [0.15, 0.2) is 0 Å². The summed E-state index contributed by atoms with van der Waals surface area (Å²) < 4.78 is 0. The van der Waals surface area contributed by atoms with Crippen molar-refractivity contribution in [2.75, 3.05) is 0 Å². The highest BCUT2D eigenvalue weighted by Gasteiger charge is 2.06. The molecule has 0 bridgehead atoms. The quantitative estimate of drug-likeness (QED) is 0.523. The van der Waals surface area contributed by atoms with Crippen LogP contribution in [0.2, 0.25) is 0 Å². The lowest BCUT2D eigenvalue weighted by Gasteiger charge is -2.12. The molecule has 0 spiro atoms. The molecule has 0 heterocycles. The van der Waals surface area contributed by atoms with Crippen molar-refractivity contribution >= 4 is 10.8 Å². The first-order valence-corrected chi connectivity index (χ1v) is 7.14. The number of benzene rings is 3. The molecule has 0 fully saturated rings. The zero-order valence-electron chi connectivity index (χ0n) is 12.6. The van der Waals surface area contributed by atoms with Gasteiger partial charge in [-0.3, -0.25) is 0 Å². The molecule has 3 rings (SSSR count). The highest BCUT2D eigenvalue weighted by Crippen LogP contribution is 2.30. The molecular weight excluding hydrogens is 240 g/mol. The maximum atomic E-state index is 2.30. The highest BCUT2D eigenvalue weighted by molar-refractivity contribution is 5.88. The Bertz CT molecular complexity index is 794. The lowest BCUT2D eigenvalue weighted by Crippen LogP contribution is -1.90. The van der Waals surface area contributed by atoms with Crippen LogP contribution in [-0.4, -0.2) is 0 Å². The van der Waals surface area contributed by atoms with Crippen LogP contribution in [0, 0.1) is 27.7 Å². The molecule has 0 saturated carbocycles. The summed E-state index contributed by atoms with van der Waals surface area (Å²) in [4.78, 5) is 0. The van der Waals surface area contributed by atoms with Gasteiger partial charge in [-0.15, -0.1) is 0 Å². The van der Waals surface area contributed by atoms with Gasteiger partial charge in [0.2, 0.25) is 0 Å². The third-order valence-corrected chi connectivity index (χ3v) is 4.36. The largest absolute Gasteiger partial charge is 0.0587 e. The molecule has 3 aromatic carbocycles. The van der Waals surface area contributed by atoms with Crippen LogP contribution < -0.4 is 0 Å². The Morgan fingerprint density at radius 3 is 2.10 bits per heavy atom. The molecule has 0 aliphatic heterocycles. The molecule has 0 atom stereocenters. The lowest BCUT2D eigenvalue weighted by molar-refractivity contribution is 1.27. The highest BCUT2D eigenvalue weighted by atomic mass is 14.1. The second-order valence-corrected chi connectivity index (χ2v) is 5.75. The molecule has 0 aliphatic rings. The zero-order chi connectivity index (χ0) is 14.3. The van der Waals surface area contributed by atoms with Crippen LogP contribution in [0.1, 0.15) is 22.3 Å². The molecule has 0 saturated heterocycles. The molecule has 0 unspecified atom stereocenters. The van der Waals surface area contributed by atoms with Gasteiger partial charge in [0, 0.05) is 0 Å². The van der Waals surface area contributed by atoms with Gasteiger partial charge >= 0.3 is 0 Å². The first-order chi connectivity index (χ1) is 9.56. The van der Waals surface area contributed by atoms with E-state index < -0.39 is 0 Å². The van der Waals surface area contributed by atoms with Crippen molar-refractivity contribution in [1.82, 2.24) is 0 Å². The van der Waals surface area contributed by atoms with Crippen LogP contribution in [0.3, 0.4) is 0 Å². The first-order valence-electron chi connectivity index (χ1n) is 7.14. The molecule has 0 heteroatoms. The fourth-order valence-electron chi connectivity index (χ4n) is 2.80. The van der Waals surface area contributed by atoms with Gasteiger partial charge in [0.1, 0.15) is 0 Å². The summed E-state index contributed by atoms with van der Waals surface area (Å²) in [6, 6.07) is 17.9. The van der Waals surface area contributed by atoms with E-state index in [2.05, 4.69) is 76.2 Å². The third-order valence-electron chi connectivity index (χ3n) is 4.36. The number of rotatable bonds is 1. The zero-order valence-corrected chi connectivity index (χ0v) is 12.6. The Kier molecular flexibility index (Phi) is 3.10. The third kappa shape index (κ3) is 2.12. The maximum Gasteiger partial charge on any atom is -0.0152 e. The Morgan fingerprint density at radius 1 is 0.600 bits per heavy atom. The van der Waals surface area contributed by atoms with Crippen molar-refractivity contribution in [3.63, 3.8) is 0 Å². The summed E-state index contributed by atoms with van der Waals surface area (Å²) in [7, 11) is 0. The monoisotopic (exact) mass is 260 g/mol. The van der Waals surface area contributed by atoms with Crippen molar-refractivity contribution in [2.24, 2.45) is 0 Å². The fourth-order valence-corrected chi connectivity index (χ4v) is 2.80. The minimum absolute atomic E-state index is 1.31. The Morgan fingerprint density at radius 2 is 1.30 bits per heavy atom. The lowest BCUT2D eigenvalue weighted by atomic mass is 9.93. The van der Waals surface area contributed by atoms with Gasteiger partial charge in [0.25, 0.3) is 0 Å². The van der Waals surface area contributed by atoms with E-state index in [1.165, 1.54) is 44.2 Å². The van der Waals surface area contributed by atoms with Crippen LogP contribution in [-0.2, 0) is 0 Å². The fraction of sp³-hybridized carbons (Fsp3) is 0.200. The average molecular weight is 260 g/mol. The van der Waals surface area contributed by atoms with Crippen LogP contribution in [0.5, 0.6) is 0 Å². The van der Waals surface area contributed by atoms with Crippen LogP contribution >= 0.6 is 0 Å². The summed E-state index contributed by atoms with van der Waals surface area (Å²) in [5.74, 6) is 0. The molecular formula is C20H20. The second-order valence-electron chi connectivity index (χ2n) is 5.75. The molecule has 0 aromatic heterocycles. The summed E-state index contributed by atoms with van der Waals surface area (Å²) >= 11 is 0. The van der Waals surface area contributed by atoms with Gasteiger partial charge in [-0.05, 0) is 72.4 Å². The number of hydrogen-bond donors (Lipinski definition) is 0. The molecule has 0 radical (unpaired) electrons. The molecule has 3 aromatic rings. The van der Waals surface area contributed by atoms with E-state index in [4.69, 9.17) is 0 Å². The minimum Gasteiger partial charge on any atom is -0.0587 e. The van der Waals surface area contributed by atoms with Gasteiger partial charge in [-0.2, -0.15) is 0 Å². The van der Waals surface area contributed by atoms with E-state index in [-0.39, 0.29) is 0 Å². The van der Waals surface area contributed by atoms with E-state index in [1.807, 2.05) is 0 Å². The molecule has 0 nitrogen and oxygen atoms in total. The van der Waals surface area contributed by atoms with E-state index in [9.17, 15) is 0 Å². The normalized spacial score (nSPS) is 11.0. The van der Waals surface area contributed by atoms with E-state index >= 15 is 0 Å². The number of fused-ring (bicyclic) bond motifs is 1. The van der Waals surface area contributed by atoms with Crippen LogP contribution in [0.15, 0.2) is 48.5 Å². The first kappa shape index (κ1) is 12.9. The topological polar surface area (TPSA) is 0 Å². The number of hydrogen-bond acceptors (Lipinski definition) is 0. The Labute approximate surface area is 121 Å². The smallest absolute Gasteiger partial charge is 0.0152 e. The van der Waals surface area contributed by atoms with E-state index in [1.54, 1.807) is 0 Å². The molecule has 100 valence electrons. The number of aryl methyl sites for hydroxylation is 2. The Balaban J connectivity index is 2.20. The summed E-state index contributed by atoms with van der Waals surface area (Å²) in [5.41, 5.74) is 8.11. The van der Waals surface area contributed by atoms with Gasteiger partial charge in [-0.1, -0.05) is 48.0 Å². The van der Waals surface area contributed by atoms with Crippen LogP contribution in [0.25, 0.3) is 21.9 Å². The van der Waals surface area contributed by atoms with Crippen molar-refractivity contribution < 1.29 is 0 Å². The predicted octanol–water partition coefficient (Wildman–Crippen LogP) is 5.74. The van der Waals surface area contributed by atoms with E-state index in [0.717, 1.165) is 0 Å². The van der Waals surface area contributed by atoms with Crippen molar-refractivity contribution in [3.05, 3.63) is 70.8 Å². The molecule has 0 N–H and O–H groups in total. The summed E-state index contributed by atoms with van der Waals surface area (Å²) in [5, 5.41) is 2.63. The molecule has 0 amide bonds. The second kappa shape index (κ2) is 4.79. The summed E-state index contributed by atoms with van der Waals surface area (Å²) in [6.07, 6.45) is 0. The molecule has 0 aliphatic carbocycles. The maximum absolute atomic E-state index is 2.30. The Hall–Kier alpha value is -2.08. The van der Waals surface area contributed by atoms with Crippen molar-refractivity contribution in [1.29, 1.82) is 0 Å². The van der Waals surface area contributed by atoms with E-state index in [0.29, 0.717) is 0 Å². The van der Waals surface area contributed by atoms with Crippen molar-refractivity contribution in [2.45, 2.75) is 27.7 Å². The average Bonchev–Trinajstić information content (AvgIpc) is 2.44. The summed E-state index contributed by atoms with van der Waals surface area (Å²) in [6.45, 7) is 8.74. The SMILES string of the molecule is Cc1ccc2cc(-c3ccc(C)c(C)c3C)ccc2c1. The predicted molar refractivity (Wildman–Crippen MR) is 88.3 cm³/mol. The van der Waals surface area contributed by atoms with Gasteiger partial charge < -0.3 is 0 Å². The van der Waals surface area contributed by atoms with Crippen molar-refractivity contribution in [3.8, 4) is 11.1 Å².